The minimum atomic E-state index is -1.08. The van der Waals surface area contributed by atoms with Gasteiger partial charge in [0, 0.05) is 11.1 Å². The maximum atomic E-state index is 13.7. The molecule has 2 rings (SSSR count). The third-order valence-corrected chi connectivity index (χ3v) is 2.55. The third kappa shape index (κ3) is 2.27. The van der Waals surface area contributed by atoms with Crippen LogP contribution in [-0.4, -0.2) is 17.4 Å². The first-order chi connectivity index (χ1) is 8.61. The molecule has 0 heterocycles. The number of carbonyl (C=O) groups is 2. The molecule has 0 spiro atoms. The fourth-order valence-corrected chi connectivity index (χ4v) is 1.66. The van der Waals surface area contributed by atoms with Crippen molar-refractivity contribution in [2.75, 3.05) is 0 Å². The number of carboxylic acid groups (broad SMARTS) is 1. The monoisotopic (exact) mass is 244 g/mol. The first-order valence-corrected chi connectivity index (χ1v) is 5.20. The molecule has 1 N–H and O–H groups in total. The number of aromatic carboxylic acids is 1. The lowest BCUT2D eigenvalue weighted by molar-refractivity contribution is 0.0696. The van der Waals surface area contributed by atoms with Gasteiger partial charge in [-0.3, -0.25) is 4.79 Å². The average molecular weight is 244 g/mol. The molecular formula is C14H9FO3. The predicted molar refractivity (Wildman–Crippen MR) is 64.2 cm³/mol. The van der Waals surface area contributed by atoms with Crippen molar-refractivity contribution in [3.63, 3.8) is 0 Å². The predicted octanol–water partition coefficient (Wildman–Crippen LogP) is 3.00. The van der Waals surface area contributed by atoms with Crippen LogP contribution in [0.2, 0.25) is 0 Å². The number of benzene rings is 2. The number of carbonyl (C=O) groups excluding carboxylic acids is 1. The van der Waals surface area contributed by atoms with Crippen molar-refractivity contribution < 1.29 is 19.1 Å². The van der Waals surface area contributed by atoms with Crippen LogP contribution in [0, 0.1) is 5.82 Å². The second-order valence-electron chi connectivity index (χ2n) is 3.74. The standard InChI is InChI=1S/C14H9FO3/c15-13-5-4-9(8-16)6-12(13)10-2-1-3-11(7-10)14(17)18/h1-8H,(H,17,18). The highest BCUT2D eigenvalue weighted by Gasteiger charge is 2.09. The van der Waals surface area contributed by atoms with E-state index in [2.05, 4.69) is 0 Å². The van der Waals surface area contributed by atoms with Crippen LogP contribution in [0.1, 0.15) is 20.7 Å². The van der Waals surface area contributed by atoms with Gasteiger partial charge < -0.3 is 5.11 Å². The summed E-state index contributed by atoms with van der Waals surface area (Å²) in [4.78, 5) is 21.5. The van der Waals surface area contributed by atoms with Crippen LogP contribution < -0.4 is 0 Å². The van der Waals surface area contributed by atoms with Gasteiger partial charge in [0.15, 0.2) is 0 Å². The van der Waals surface area contributed by atoms with Crippen LogP contribution in [0.5, 0.6) is 0 Å². The lowest BCUT2D eigenvalue weighted by atomic mass is 10.0. The van der Waals surface area contributed by atoms with Gasteiger partial charge in [0.25, 0.3) is 0 Å². The Bertz CT molecular complexity index is 620. The van der Waals surface area contributed by atoms with Crippen molar-refractivity contribution >= 4 is 12.3 Å². The zero-order valence-corrected chi connectivity index (χ0v) is 9.26. The molecule has 0 atom stereocenters. The van der Waals surface area contributed by atoms with Crippen molar-refractivity contribution in [2.45, 2.75) is 0 Å². The summed E-state index contributed by atoms with van der Waals surface area (Å²) >= 11 is 0. The van der Waals surface area contributed by atoms with Gasteiger partial charge in [-0.15, -0.1) is 0 Å². The molecule has 4 heteroatoms. The number of rotatable bonds is 3. The smallest absolute Gasteiger partial charge is 0.335 e. The van der Waals surface area contributed by atoms with Crippen LogP contribution in [-0.2, 0) is 0 Å². The van der Waals surface area contributed by atoms with Gasteiger partial charge in [-0.05, 0) is 35.9 Å². The second kappa shape index (κ2) is 4.79. The highest BCUT2D eigenvalue weighted by Crippen LogP contribution is 2.24. The van der Waals surface area contributed by atoms with E-state index in [1.807, 2.05) is 0 Å². The average Bonchev–Trinajstić information content (AvgIpc) is 2.39. The Morgan fingerprint density at radius 1 is 1.17 bits per heavy atom. The first kappa shape index (κ1) is 12.0. The van der Waals surface area contributed by atoms with E-state index < -0.39 is 11.8 Å². The van der Waals surface area contributed by atoms with Gasteiger partial charge in [0.2, 0.25) is 0 Å². The summed E-state index contributed by atoms with van der Waals surface area (Å²) in [5, 5.41) is 8.88. The molecule has 2 aromatic rings. The van der Waals surface area contributed by atoms with Crippen LogP contribution >= 0.6 is 0 Å². The summed E-state index contributed by atoms with van der Waals surface area (Å²) in [5.41, 5.74) is 1.05. The topological polar surface area (TPSA) is 54.4 Å². The van der Waals surface area contributed by atoms with Crippen LogP contribution in [0.15, 0.2) is 42.5 Å². The minimum Gasteiger partial charge on any atom is -0.478 e. The van der Waals surface area contributed by atoms with Crippen LogP contribution in [0.25, 0.3) is 11.1 Å². The van der Waals surface area contributed by atoms with Gasteiger partial charge in [-0.1, -0.05) is 12.1 Å². The third-order valence-electron chi connectivity index (χ3n) is 2.55. The summed E-state index contributed by atoms with van der Waals surface area (Å²) < 4.78 is 13.7. The summed E-state index contributed by atoms with van der Waals surface area (Å²) in [5.74, 6) is -1.58. The minimum absolute atomic E-state index is 0.0726. The molecule has 0 amide bonds. The fourth-order valence-electron chi connectivity index (χ4n) is 1.66. The molecule has 18 heavy (non-hydrogen) atoms. The van der Waals surface area contributed by atoms with Crippen molar-refractivity contribution in [2.24, 2.45) is 0 Å². The van der Waals surface area contributed by atoms with E-state index in [-0.39, 0.29) is 11.1 Å². The Kier molecular flexibility index (Phi) is 3.19. The molecule has 3 nitrogen and oxygen atoms in total. The van der Waals surface area contributed by atoms with Gasteiger partial charge in [-0.25, -0.2) is 9.18 Å². The highest BCUT2D eigenvalue weighted by atomic mass is 19.1. The number of hydrogen-bond donors (Lipinski definition) is 1. The fraction of sp³-hybridized carbons (Fsp3) is 0. The highest BCUT2D eigenvalue weighted by molar-refractivity contribution is 5.89. The van der Waals surface area contributed by atoms with E-state index >= 15 is 0 Å². The number of aldehydes is 1. The van der Waals surface area contributed by atoms with Gasteiger partial charge in [0.1, 0.15) is 12.1 Å². The Labute approximate surface area is 103 Å². The number of halogens is 1. The molecule has 0 aliphatic carbocycles. The molecule has 0 aromatic heterocycles. The van der Waals surface area contributed by atoms with E-state index in [0.29, 0.717) is 17.4 Å². The van der Waals surface area contributed by atoms with E-state index in [4.69, 9.17) is 5.11 Å². The SMILES string of the molecule is O=Cc1ccc(F)c(-c2cccc(C(=O)O)c2)c1. The summed E-state index contributed by atoms with van der Waals surface area (Å²) in [6, 6.07) is 9.87. The van der Waals surface area contributed by atoms with Gasteiger partial charge >= 0.3 is 5.97 Å². The molecule has 0 saturated heterocycles. The van der Waals surface area contributed by atoms with Crippen LogP contribution in [0.3, 0.4) is 0 Å². The van der Waals surface area contributed by atoms with Crippen molar-refractivity contribution in [1.82, 2.24) is 0 Å². The second-order valence-corrected chi connectivity index (χ2v) is 3.74. The largest absolute Gasteiger partial charge is 0.478 e. The zero-order chi connectivity index (χ0) is 13.1. The Balaban J connectivity index is 2.57. The molecule has 0 unspecified atom stereocenters. The summed E-state index contributed by atoms with van der Waals surface area (Å²) in [6.45, 7) is 0. The number of carboxylic acids is 1. The van der Waals surface area contributed by atoms with Crippen molar-refractivity contribution in [3.8, 4) is 11.1 Å². The van der Waals surface area contributed by atoms with Crippen LogP contribution in [0.4, 0.5) is 4.39 Å². The van der Waals surface area contributed by atoms with E-state index in [1.54, 1.807) is 6.07 Å². The molecule has 2 aromatic carbocycles. The van der Waals surface area contributed by atoms with Crippen molar-refractivity contribution in [1.29, 1.82) is 0 Å². The molecule has 0 saturated carbocycles. The Hall–Kier alpha value is -2.49. The Morgan fingerprint density at radius 3 is 2.61 bits per heavy atom. The quantitative estimate of drug-likeness (QED) is 0.844. The summed E-state index contributed by atoms with van der Waals surface area (Å²) in [6.07, 6.45) is 0.615. The molecule has 0 aliphatic rings. The van der Waals surface area contributed by atoms with Crippen molar-refractivity contribution in [3.05, 3.63) is 59.4 Å². The molecule has 0 bridgehead atoms. The first-order valence-electron chi connectivity index (χ1n) is 5.20. The molecule has 0 radical (unpaired) electrons. The molecule has 90 valence electrons. The molecule has 0 fully saturated rings. The summed E-state index contributed by atoms with van der Waals surface area (Å²) in [7, 11) is 0. The van der Waals surface area contributed by atoms with E-state index in [1.165, 1.54) is 36.4 Å². The normalized spacial score (nSPS) is 10.1. The van der Waals surface area contributed by atoms with E-state index in [0.717, 1.165) is 0 Å². The van der Waals surface area contributed by atoms with Gasteiger partial charge in [-0.2, -0.15) is 0 Å². The lowest BCUT2D eigenvalue weighted by Crippen LogP contribution is -1.96. The molecular weight excluding hydrogens is 235 g/mol. The maximum absolute atomic E-state index is 13.7. The zero-order valence-electron chi connectivity index (χ0n) is 9.26. The van der Waals surface area contributed by atoms with E-state index in [9.17, 15) is 14.0 Å². The van der Waals surface area contributed by atoms with Gasteiger partial charge in [0.05, 0.1) is 5.56 Å². The molecule has 0 aliphatic heterocycles. The number of hydrogen-bond acceptors (Lipinski definition) is 2. The lowest BCUT2D eigenvalue weighted by Gasteiger charge is -2.05. The maximum Gasteiger partial charge on any atom is 0.335 e. The Morgan fingerprint density at radius 2 is 1.94 bits per heavy atom.